The molecule has 5 rings (SSSR count). The molecule has 1 fully saturated rings. The Bertz CT molecular complexity index is 1180. The number of hydrogen-bond acceptors (Lipinski definition) is 7. The van der Waals surface area contributed by atoms with E-state index < -0.39 is 0 Å². The maximum absolute atomic E-state index is 12.9. The molecule has 0 atom stereocenters. The molecule has 152 valence electrons. The Kier molecular flexibility index (Phi) is 5.47. The number of carbonyl (C=O) groups is 1. The molecule has 1 aliphatic heterocycles. The molecule has 6 nitrogen and oxygen atoms in total. The van der Waals surface area contributed by atoms with Crippen molar-refractivity contribution in [3.63, 3.8) is 0 Å². The molecule has 2 aromatic carbocycles. The second kappa shape index (κ2) is 8.39. The standard InChI is InChI=1S/C21H18ClN5OS2/c22-16-4-1-14(2-5-16)19-13-29-20(23-19)12-26-7-9-27(10-8-26)21(28)15-3-6-17-18(11-15)25-30-24-17/h1-6,11,13H,7-10,12H2. The Hall–Kier alpha value is -2.39. The molecule has 0 N–H and O–H groups in total. The van der Waals surface area contributed by atoms with Gasteiger partial charge in [-0.05, 0) is 30.3 Å². The number of fused-ring (bicyclic) bond motifs is 1. The lowest BCUT2D eigenvalue weighted by molar-refractivity contribution is 0.0628. The van der Waals surface area contributed by atoms with Crippen molar-refractivity contribution in [1.82, 2.24) is 23.5 Å². The fourth-order valence-corrected chi connectivity index (χ4v) is 5.02. The Balaban J connectivity index is 1.19. The lowest BCUT2D eigenvalue weighted by Gasteiger charge is -2.34. The van der Waals surface area contributed by atoms with Gasteiger partial charge < -0.3 is 4.90 Å². The summed E-state index contributed by atoms with van der Waals surface area (Å²) in [6.45, 7) is 3.89. The van der Waals surface area contributed by atoms with E-state index in [0.29, 0.717) is 18.7 Å². The van der Waals surface area contributed by atoms with Crippen LogP contribution in [0.3, 0.4) is 0 Å². The van der Waals surface area contributed by atoms with E-state index in [0.717, 1.165) is 52.0 Å². The molecule has 0 bridgehead atoms. The second-order valence-electron chi connectivity index (χ2n) is 7.17. The van der Waals surface area contributed by atoms with E-state index in [2.05, 4.69) is 19.0 Å². The fourth-order valence-electron chi connectivity index (χ4n) is 3.53. The summed E-state index contributed by atoms with van der Waals surface area (Å²) in [4.78, 5) is 21.9. The highest BCUT2D eigenvalue weighted by Gasteiger charge is 2.23. The van der Waals surface area contributed by atoms with Gasteiger partial charge >= 0.3 is 0 Å². The SMILES string of the molecule is O=C(c1ccc2nsnc2c1)N1CCN(Cc2nc(-c3ccc(Cl)cc3)cs2)CC1. The molecule has 1 saturated heterocycles. The van der Waals surface area contributed by atoms with Crippen molar-refractivity contribution in [2.45, 2.75) is 6.54 Å². The Morgan fingerprint density at radius 3 is 2.57 bits per heavy atom. The van der Waals surface area contributed by atoms with Gasteiger partial charge in [-0.1, -0.05) is 23.7 Å². The van der Waals surface area contributed by atoms with Crippen LogP contribution in [0.2, 0.25) is 5.02 Å². The minimum atomic E-state index is 0.0591. The third-order valence-corrected chi connectivity index (χ3v) is 6.85. The van der Waals surface area contributed by atoms with Crippen molar-refractivity contribution in [2.75, 3.05) is 26.2 Å². The molecule has 2 aromatic heterocycles. The summed E-state index contributed by atoms with van der Waals surface area (Å²) >= 11 is 8.81. The van der Waals surface area contributed by atoms with E-state index in [1.165, 1.54) is 11.7 Å². The number of piperazine rings is 1. The fraction of sp³-hybridized carbons (Fsp3) is 0.238. The Labute approximate surface area is 187 Å². The molecule has 9 heteroatoms. The monoisotopic (exact) mass is 455 g/mol. The first-order valence-electron chi connectivity index (χ1n) is 9.60. The summed E-state index contributed by atoms with van der Waals surface area (Å²) in [5.74, 6) is 0.0591. The van der Waals surface area contributed by atoms with Gasteiger partial charge in [0, 0.05) is 47.7 Å². The van der Waals surface area contributed by atoms with Crippen molar-refractivity contribution >= 4 is 51.6 Å². The van der Waals surface area contributed by atoms with E-state index in [4.69, 9.17) is 16.6 Å². The van der Waals surface area contributed by atoms with Gasteiger partial charge in [-0.25, -0.2) is 4.98 Å². The normalized spacial score (nSPS) is 15.0. The summed E-state index contributed by atoms with van der Waals surface area (Å²) < 4.78 is 8.43. The van der Waals surface area contributed by atoms with E-state index in [1.54, 1.807) is 11.3 Å². The lowest BCUT2D eigenvalue weighted by atomic mass is 10.1. The van der Waals surface area contributed by atoms with Crippen molar-refractivity contribution < 1.29 is 4.79 Å². The number of hydrogen-bond donors (Lipinski definition) is 0. The third-order valence-electron chi connectivity index (χ3n) is 5.21. The molecular weight excluding hydrogens is 438 g/mol. The predicted octanol–water partition coefficient (Wildman–Crippen LogP) is 4.43. The van der Waals surface area contributed by atoms with Crippen molar-refractivity contribution in [1.29, 1.82) is 0 Å². The molecule has 1 amide bonds. The topological polar surface area (TPSA) is 62.2 Å². The van der Waals surface area contributed by atoms with Gasteiger partial charge in [0.1, 0.15) is 16.0 Å². The Morgan fingerprint density at radius 1 is 1.00 bits per heavy atom. The van der Waals surface area contributed by atoms with Gasteiger partial charge in [-0.2, -0.15) is 8.75 Å². The van der Waals surface area contributed by atoms with Crippen LogP contribution in [0.1, 0.15) is 15.4 Å². The molecule has 1 aliphatic rings. The van der Waals surface area contributed by atoms with Crippen LogP contribution in [0.4, 0.5) is 0 Å². The van der Waals surface area contributed by atoms with Crippen LogP contribution in [-0.4, -0.2) is 55.6 Å². The van der Waals surface area contributed by atoms with Crippen molar-refractivity contribution in [2.24, 2.45) is 0 Å². The number of thiazole rings is 1. The molecule has 0 unspecified atom stereocenters. The van der Waals surface area contributed by atoms with Crippen molar-refractivity contribution in [3.05, 3.63) is 63.4 Å². The minimum absolute atomic E-state index is 0.0591. The highest BCUT2D eigenvalue weighted by Crippen LogP contribution is 2.24. The summed E-state index contributed by atoms with van der Waals surface area (Å²) in [7, 11) is 0. The van der Waals surface area contributed by atoms with Crippen LogP contribution < -0.4 is 0 Å². The smallest absolute Gasteiger partial charge is 0.254 e. The van der Waals surface area contributed by atoms with Gasteiger partial charge in [0.15, 0.2) is 0 Å². The molecule has 0 saturated carbocycles. The third kappa shape index (κ3) is 4.09. The maximum Gasteiger partial charge on any atom is 0.254 e. The van der Waals surface area contributed by atoms with E-state index in [1.807, 2.05) is 47.4 Å². The first kappa shape index (κ1) is 19.6. The summed E-state index contributed by atoms with van der Waals surface area (Å²) in [6.07, 6.45) is 0. The van der Waals surface area contributed by atoms with Gasteiger partial charge in [0.2, 0.25) is 0 Å². The van der Waals surface area contributed by atoms with E-state index in [9.17, 15) is 4.79 Å². The Morgan fingerprint density at radius 2 is 1.77 bits per heavy atom. The highest BCUT2D eigenvalue weighted by molar-refractivity contribution is 7.09. The van der Waals surface area contributed by atoms with Gasteiger partial charge in [0.05, 0.1) is 24.0 Å². The molecular formula is C21H18ClN5OS2. The van der Waals surface area contributed by atoms with Crippen LogP contribution in [0, 0.1) is 0 Å². The average Bonchev–Trinajstić information content (AvgIpc) is 3.43. The predicted molar refractivity (Wildman–Crippen MR) is 121 cm³/mol. The van der Waals surface area contributed by atoms with Crippen LogP contribution >= 0.6 is 34.7 Å². The number of amides is 1. The van der Waals surface area contributed by atoms with Crippen molar-refractivity contribution in [3.8, 4) is 11.3 Å². The van der Waals surface area contributed by atoms with Gasteiger partial charge in [-0.3, -0.25) is 9.69 Å². The minimum Gasteiger partial charge on any atom is -0.336 e. The van der Waals surface area contributed by atoms with Gasteiger partial charge in [-0.15, -0.1) is 11.3 Å². The highest BCUT2D eigenvalue weighted by atomic mass is 35.5. The van der Waals surface area contributed by atoms with Crippen LogP contribution in [0.25, 0.3) is 22.3 Å². The number of nitrogens with zero attached hydrogens (tertiary/aromatic N) is 5. The number of aromatic nitrogens is 3. The second-order valence-corrected chi connectivity index (χ2v) is 9.08. The quantitative estimate of drug-likeness (QED) is 0.455. The van der Waals surface area contributed by atoms with E-state index in [-0.39, 0.29) is 5.91 Å². The summed E-state index contributed by atoms with van der Waals surface area (Å²) in [6, 6.07) is 13.3. The number of carbonyl (C=O) groups excluding carboxylic acids is 1. The zero-order chi connectivity index (χ0) is 20.5. The lowest BCUT2D eigenvalue weighted by Crippen LogP contribution is -2.48. The maximum atomic E-state index is 12.9. The zero-order valence-electron chi connectivity index (χ0n) is 16.0. The molecule has 3 heterocycles. The number of benzene rings is 2. The molecule has 0 aliphatic carbocycles. The molecule has 4 aromatic rings. The van der Waals surface area contributed by atoms with Gasteiger partial charge in [0.25, 0.3) is 5.91 Å². The summed E-state index contributed by atoms with van der Waals surface area (Å²) in [5.41, 5.74) is 4.35. The first-order valence-corrected chi connectivity index (χ1v) is 11.6. The first-order chi connectivity index (χ1) is 14.7. The average molecular weight is 456 g/mol. The molecule has 0 spiro atoms. The molecule has 30 heavy (non-hydrogen) atoms. The summed E-state index contributed by atoms with van der Waals surface area (Å²) in [5, 5.41) is 3.90. The van der Waals surface area contributed by atoms with E-state index >= 15 is 0 Å². The number of rotatable bonds is 4. The molecule has 0 radical (unpaired) electrons. The number of halogens is 1. The zero-order valence-corrected chi connectivity index (χ0v) is 18.4. The van der Waals surface area contributed by atoms with Crippen LogP contribution in [-0.2, 0) is 6.54 Å². The van der Waals surface area contributed by atoms with Crippen LogP contribution in [0.15, 0.2) is 47.8 Å². The van der Waals surface area contributed by atoms with Crippen LogP contribution in [0.5, 0.6) is 0 Å². The largest absolute Gasteiger partial charge is 0.336 e.